The Labute approximate surface area is 189 Å². The molecule has 4 rings (SSSR count). The minimum atomic E-state index is -0.254. The lowest BCUT2D eigenvalue weighted by Crippen LogP contribution is -2.43. The van der Waals surface area contributed by atoms with Gasteiger partial charge in [0.1, 0.15) is 12.4 Å². The molecule has 9 nitrogen and oxygen atoms in total. The number of benzene rings is 1. The number of anilines is 1. The molecule has 0 saturated carbocycles. The third-order valence-corrected chi connectivity index (χ3v) is 6.08. The number of urea groups is 1. The van der Waals surface area contributed by atoms with Crippen molar-refractivity contribution in [1.29, 1.82) is 0 Å². The molecule has 3 aromatic rings. The van der Waals surface area contributed by atoms with Gasteiger partial charge in [-0.1, -0.05) is 18.5 Å². The molecule has 0 aliphatic carbocycles. The molecule has 2 unspecified atom stereocenters. The summed E-state index contributed by atoms with van der Waals surface area (Å²) in [4.78, 5) is 19.2. The predicted octanol–water partition coefficient (Wildman–Crippen LogP) is 4.39. The molecule has 3 heterocycles. The molecule has 1 aliphatic rings. The van der Waals surface area contributed by atoms with E-state index in [-0.39, 0.29) is 12.1 Å². The Morgan fingerprint density at radius 2 is 2.23 bits per heavy atom. The van der Waals surface area contributed by atoms with E-state index in [0.29, 0.717) is 52.1 Å². The summed E-state index contributed by atoms with van der Waals surface area (Å²) < 4.78 is 7.44. The van der Waals surface area contributed by atoms with Crippen LogP contribution in [0.1, 0.15) is 37.6 Å². The Balaban J connectivity index is 1.54. The number of aryl methyl sites for hydroxylation is 1. The second-order valence-electron chi connectivity index (χ2n) is 7.67. The molecular weight excluding hydrogens is 438 g/mol. The molecule has 1 aromatic carbocycles. The standard InChI is InChI=1S/C20H24ClN7O2S/c1-12-6-7-28(16(8-12)19-25-24-17(30-19)10-31-3)20(29)23-13-4-5-15(21)14(9-13)18-22-11-27(2)26-18/h4-5,9,11-12,16H,6-8,10H2,1-3H3,(H,23,29). The maximum absolute atomic E-state index is 13.2. The van der Waals surface area contributed by atoms with E-state index in [1.54, 1.807) is 52.9 Å². The van der Waals surface area contributed by atoms with Gasteiger partial charge in [-0.15, -0.1) is 10.2 Å². The first-order chi connectivity index (χ1) is 14.9. The van der Waals surface area contributed by atoms with Crippen LogP contribution in [-0.4, -0.2) is 48.7 Å². The average molecular weight is 462 g/mol. The van der Waals surface area contributed by atoms with Crippen molar-refractivity contribution in [3.8, 4) is 11.4 Å². The lowest BCUT2D eigenvalue weighted by molar-refractivity contribution is 0.125. The highest BCUT2D eigenvalue weighted by atomic mass is 35.5. The van der Waals surface area contributed by atoms with Gasteiger partial charge in [-0.25, -0.2) is 9.78 Å². The highest BCUT2D eigenvalue weighted by Crippen LogP contribution is 2.35. The van der Waals surface area contributed by atoms with Crippen LogP contribution in [0.5, 0.6) is 0 Å². The molecule has 0 radical (unpaired) electrons. The third-order valence-electron chi connectivity index (χ3n) is 5.22. The van der Waals surface area contributed by atoms with Crippen molar-refractivity contribution in [2.45, 2.75) is 31.6 Å². The van der Waals surface area contributed by atoms with Gasteiger partial charge in [0.15, 0.2) is 5.82 Å². The molecule has 0 spiro atoms. The molecule has 31 heavy (non-hydrogen) atoms. The van der Waals surface area contributed by atoms with Crippen LogP contribution in [0.3, 0.4) is 0 Å². The van der Waals surface area contributed by atoms with Gasteiger partial charge < -0.3 is 14.6 Å². The molecule has 1 saturated heterocycles. The van der Waals surface area contributed by atoms with Crippen LogP contribution >= 0.6 is 23.4 Å². The lowest BCUT2D eigenvalue weighted by Gasteiger charge is -2.36. The number of hydrogen-bond acceptors (Lipinski definition) is 7. The van der Waals surface area contributed by atoms with Crippen LogP contribution in [0.4, 0.5) is 10.5 Å². The first-order valence-electron chi connectivity index (χ1n) is 9.99. The molecule has 2 atom stereocenters. The fourth-order valence-electron chi connectivity index (χ4n) is 3.63. The van der Waals surface area contributed by atoms with Gasteiger partial charge in [-0.2, -0.15) is 16.9 Å². The number of nitrogens with zero attached hydrogens (tertiary/aromatic N) is 6. The second kappa shape index (κ2) is 9.27. The van der Waals surface area contributed by atoms with Crippen molar-refractivity contribution in [2.75, 3.05) is 18.1 Å². The Morgan fingerprint density at radius 3 is 2.97 bits per heavy atom. The molecule has 2 aromatic heterocycles. The third kappa shape index (κ3) is 4.85. The Hall–Kier alpha value is -2.59. The average Bonchev–Trinajstić information content (AvgIpc) is 3.38. The summed E-state index contributed by atoms with van der Waals surface area (Å²) >= 11 is 7.95. The molecule has 1 N–H and O–H groups in total. The molecule has 1 fully saturated rings. The SMILES string of the molecule is CSCc1nnc(C2CC(C)CCN2C(=O)Nc2ccc(Cl)c(-c3ncn(C)n3)c2)o1. The van der Waals surface area contributed by atoms with Crippen LogP contribution in [0.2, 0.25) is 5.02 Å². The van der Waals surface area contributed by atoms with Gasteiger partial charge in [0.05, 0.1) is 10.8 Å². The van der Waals surface area contributed by atoms with Crippen LogP contribution < -0.4 is 5.32 Å². The number of amides is 2. The van der Waals surface area contributed by atoms with E-state index in [4.69, 9.17) is 16.0 Å². The number of thioether (sulfide) groups is 1. The van der Waals surface area contributed by atoms with Gasteiger partial charge in [0.25, 0.3) is 0 Å². The van der Waals surface area contributed by atoms with E-state index in [1.807, 2.05) is 6.26 Å². The zero-order chi connectivity index (χ0) is 22.0. The molecule has 2 amide bonds. The van der Waals surface area contributed by atoms with Crippen molar-refractivity contribution in [1.82, 2.24) is 29.9 Å². The van der Waals surface area contributed by atoms with Gasteiger partial charge in [0, 0.05) is 24.8 Å². The number of piperidine rings is 1. The van der Waals surface area contributed by atoms with Crippen LogP contribution in [0.15, 0.2) is 28.9 Å². The molecule has 0 bridgehead atoms. The number of carbonyl (C=O) groups excluding carboxylic acids is 1. The smallest absolute Gasteiger partial charge is 0.322 e. The molecule has 164 valence electrons. The number of halogens is 1. The minimum Gasteiger partial charge on any atom is -0.422 e. The second-order valence-corrected chi connectivity index (χ2v) is 8.95. The van der Waals surface area contributed by atoms with Crippen molar-refractivity contribution in [3.05, 3.63) is 41.3 Å². The van der Waals surface area contributed by atoms with Crippen molar-refractivity contribution >= 4 is 35.1 Å². The number of nitrogens with one attached hydrogen (secondary N) is 1. The maximum Gasteiger partial charge on any atom is 0.322 e. The van der Waals surface area contributed by atoms with Crippen LogP contribution in [0, 0.1) is 5.92 Å². The summed E-state index contributed by atoms with van der Waals surface area (Å²) in [6.07, 6.45) is 5.27. The summed E-state index contributed by atoms with van der Waals surface area (Å²) in [5.74, 6) is 2.67. The first kappa shape index (κ1) is 21.6. The quantitative estimate of drug-likeness (QED) is 0.601. The van der Waals surface area contributed by atoms with Crippen LogP contribution in [-0.2, 0) is 12.8 Å². The summed E-state index contributed by atoms with van der Waals surface area (Å²) in [5, 5.41) is 16.1. The topological polar surface area (TPSA) is 102 Å². The molecular formula is C20H24ClN7O2S. The summed E-state index contributed by atoms with van der Waals surface area (Å²) in [6, 6.07) is 4.79. The molecule has 1 aliphatic heterocycles. The normalized spacial score (nSPS) is 18.9. The number of rotatable bonds is 5. The Kier molecular flexibility index (Phi) is 6.47. The Morgan fingerprint density at radius 1 is 1.39 bits per heavy atom. The van der Waals surface area contributed by atoms with Gasteiger partial charge in [-0.05, 0) is 43.2 Å². The maximum atomic E-state index is 13.2. The molecule has 11 heteroatoms. The fourth-order valence-corrected chi connectivity index (χ4v) is 4.20. The fraction of sp³-hybridized carbons (Fsp3) is 0.450. The highest BCUT2D eigenvalue weighted by Gasteiger charge is 2.34. The zero-order valence-corrected chi connectivity index (χ0v) is 19.2. The highest BCUT2D eigenvalue weighted by molar-refractivity contribution is 7.97. The number of carbonyl (C=O) groups is 1. The largest absolute Gasteiger partial charge is 0.422 e. The van der Waals surface area contributed by atoms with E-state index in [9.17, 15) is 4.79 Å². The lowest BCUT2D eigenvalue weighted by atomic mass is 9.92. The monoisotopic (exact) mass is 461 g/mol. The van der Waals surface area contributed by atoms with E-state index in [2.05, 4.69) is 32.5 Å². The summed E-state index contributed by atoms with van der Waals surface area (Å²) in [7, 11) is 1.79. The van der Waals surface area contributed by atoms with Crippen LogP contribution in [0.25, 0.3) is 11.4 Å². The van der Waals surface area contributed by atoms with E-state index >= 15 is 0 Å². The number of aromatic nitrogens is 5. The van der Waals surface area contributed by atoms with Crippen molar-refractivity contribution in [3.63, 3.8) is 0 Å². The van der Waals surface area contributed by atoms with Crippen molar-refractivity contribution < 1.29 is 9.21 Å². The first-order valence-corrected chi connectivity index (χ1v) is 11.8. The summed E-state index contributed by atoms with van der Waals surface area (Å²) in [6.45, 7) is 2.78. The van der Waals surface area contributed by atoms with Gasteiger partial charge in [0.2, 0.25) is 11.8 Å². The zero-order valence-electron chi connectivity index (χ0n) is 17.6. The Bertz CT molecular complexity index is 1070. The summed E-state index contributed by atoms with van der Waals surface area (Å²) in [5.41, 5.74) is 1.27. The van der Waals surface area contributed by atoms with E-state index < -0.39 is 0 Å². The number of hydrogen-bond donors (Lipinski definition) is 1. The predicted molar refractivity (Wildman–Crippen MR) is 120 cm³/mol. The van der Waals surface area contributed by atoms with E-state index in [0.717, 1.165) is 12.8 Å². The number of likely N-dealkylation sites (tertiary alicyclic amines) is 1. The van der Waals surface area contributed by atoms with Crippen molar-refractivity contribution in [2.24, 2.45) is 13.0 Å². The van der Waals surface area contributed by atoms with Gasteiger partial charge in [-0.3, -0.25) is 4.68 Å². The van der Waals surface area contributed by atoms with Gasteiger partial charge >= 0.3 is 6.03 Å². The minimum absolute atomic E-state index is 0.219. The van der Waals surface area contributed by atoms with E-state index in [1.165, 1.54) is 0 Å².